The molecule has 0 amide bonds. The van der Waals surface area contributed by atoms with Crippen molar-refractivity contribution in [1.29, 1.82) is 5.26 Å². The Morgan fingerprint density at radius 2 is 2.17 bits per heavy atom. The van der Waals surface area contributed by atoms with E-state index < -0.39 is 5.41 Å². The molecule has 0 aliphatic carbocycles. The standard InChI is InChI=1S/C17H19FN2O2S/c1-12-17(10-22-11-21-2,14-6-4-5-7-15(14)18)8-13(9-19)16(20-12)23-3/h4-7H,8,10-11H2,1-3H3. The van der Waals surface area contributed by atoms with Gasteiger partial charge in [-0.25, -0.2) is 9.38 Å². The van der Waals surface area contributed by atoms with Crippen molar-refractivity contribution in [3.63, 3.8) is 0 Å². The highest BCUT2D eigenvalue weighted by molar-refractivity contribution is 8.02. The van der Waals surface area contributed by atoms with Gasteiger partial charge in [0.05, 0.1) is 23.7 Å². The third kappa shape index (κ3) is 3.47. The minimum Gasteiger partial charge on any atom is -0.359 e. The molecule has 1 aliphatic heterocycles. The van der Waals surface area contributed by atoms with E-state index in [0.717, 1.165) is 5.71 Å². The van der Waals surface area contributed by atoms with Crippen LogP contribution in [-0.4, -0.2) is 32.5 Å². The number of aliphatic imine (C=N–C) groups is 1. The van der Waals surface area contributed by atoms with Crippen LogP contribution in [0.5, 0.6) is 0 Å². The largest absolute Gasteiger partial charge is 0.359 e. The van der Waals surface area contributed by atoms with Crippen LogP contribution in [0.2, 0.25) is 0 Å². The number of methoxy groups -OCH3 is 1. The van der Waals surface area contributed by atoms with E-state index in [2.05, 4.69) is 11.1 Å². The van der Waals surface area contributed by atoms with Gasteiger partial charge in [-0.05, 0) is 19.2 Å². The van der Waals surface area contributed by atoms with Crippen molar-refractivity contribution in [2.75, 3.05) is 26.8 Å². The first-order chi connectivity index (χ1) is 11.1. The van der Waals surface area contributed by atoms with Gasteiger partial charge in [0.25, 0.3) is 0 Å². The van der Waals surface area contributed by atoms with Gasteiger partial charge in [-0.3, -0.25) is 0 Å². The van der Waals surface area contributed by atoms with Gasteiger partial charge >= 0.3 is 0 Å². The SMILES string of the molecule is COCOCC1(c2ccccc2F)CC(C#N)=C(SC)N=C1C. The fourth-order valence-electron chi connectivity index (χ4n) is 2.76. The van der Waals surface area contributed by atoms with Crippen molar-refractivity contribution >= 4 is 17.5 Å². The minimum atomic E-state index is -0.797. The maximum absolute atomic E-state index is 14.5. The molecule has 1 aromatic rings. The first kappa shape index (κ1) is 17.7. The van der Waals surface area contributed by atoms with Gasteiger partial charge in [0.2, 0.25) is 0 Å². The summed E-state index contributed by atoms with van der Waals surface area (Å²) in [6.07, 6.45) is 2.24. The summed E-state index contributed by atoms with van der Waals surface area (Å²) in [5.74, 6) is -0.326. The van der Waals surface area contributed by atoms with E-state index in [1.54, 1.807) is 18.2 Å². The van der Waals surface area contributed by atoms with Crippen LogP contribution in [0.4, 0.5) is 4.39 Å². The molecule has 6 heteroatoms. The quantitative estimate of drug-likeness (QED) is 0.589. The summed E-state index contributed by atoms with van der Waals surface area (Å²) in [6, 6.07) is 8.77. The highest BCUT2D eigenvalue weighted by Crippen LogP contribution is 2.41. The lowest BCUT2D eigenvalue weighted by Crippen LogP contribution is -2.42. The Kier molecular flexibility index (Phi) is 5.94. The molecular weight excluding hydrogens is 315 g/mol. The fourth-order valence-corrected chi connectivity index (χ4v) is 3.35. The number of hydrogen-bond donors (Lipinski definition) is 0. The smallest absolute Gasteiger partial charge is 0.146 e. The molecule has 1 atom stereocenters. The summed E-state index contributed by atoms with van der Waals surface area (Å²) in [4.78, 5) is 4.55. The topological polar surface area (TPSA) is 54.6 Å². The molecule has 1 aromatic carbocycles. The summed E-state index contributed by atoms with van der Waals surface area (Å²) in [6.45, 7) is 2.15. The van der Waals surface area contributed by atoms with Crippen LogP contribution in [-0.2, 0) is 14.9 Å². The van der Waals surface area contributed by atoms with E-state index in [0.29, 0.717) is 22.6 Å². The lowest BCUT2D eigenvalue weighted by molar-refractivity contribution is -0.0420. The average molecular weight is 334 g/mol. The zero-order valence-electron chi connectivity index (χ0n) is 13.4. The molecule has 0 bridgehead atoms. The fraction of sp³-hybridized carbons (Fsp3) is 0.412. The summed E-state index contributed by atoms with van der Waals surface area (Å²) in [7, 11) is 1.53. The summed E-state index contributed by atoms with van der Waals surface area (Å²) < 4.78 is 25.0. The van der Waals surface area contributed by atoms with Gasteiger partial charge in [-0.2, -0.15) is 5.26 Å². The minimum absolute atomic E-state index is 0.102. The summed E-state index contributed by atoms with van der Waals surface area (Å²) in [5.41, 5.74) is 0.980. The van der Waals surface area contributed by atoms with Gasteiger partial charge in [0.1, 0.15) is 17.6 Å². The Morgan fingerprint density at radius 1 is 1.43 bits per heavy atom. The molecule has 1 unspecified atom stereocenters. The molecule has 4 nitrogen and oxygen atoms in total. The Balaban J connectivity index is 2.53. The van der Waals surface area contributed by atoms with E-state index in [-0.39, 0.29) is 19.2 Å². The van der Waals surface area contributed by atoms with Crippen LogP contribution in [0.3, 0.4) is 0 Å². The molecule has 0 aromatic heterocycles. The second-order valence-electron chi connectivity index (χ2n) is 5.29. The molecule has 0 saturated carbocycles. The van der Waals surface area contributed by atoms with Gasteiger partial charge in [0.15, 0.2) is 0 Å². The number of halogens is 1. The molecule has 1 aliphatic rings. The Hall–Kier alpha value is -1.68. The van der Waals surface area contributed by atoms with Crippen molar-refractivity contribution in [2.45, 2.75) is 18.8 Å². The van der Waals surface area contributed by atoms with Crippen molar-refractivity contribution in [3.8, 4) is 6.07 Å². The Labute approximate surface area is 140 Å². The number of allylic oxidation sites excluding steroid dienone is 1. The van der Waals surface area contributed by atoms with Gasteiger partial charge in [0, 0.05) is 24.8 Å². The van der Waals surface area contributed by atoms with Crippen molar-refractivity contribution in [3.05, 3.63) is 46.2 Å². The van der Waals surface area contributed by atoms with Crippen LogP contribution < -0.4 is 0 Å². The molecule has 2 rings (SSSR count). The Morgan fingerprint density at radius 3 is 2.78 bits per heavy atom. The highest BCUT2D eigenvalue weighted by atomic mass is 32.2. The molecule has 0 N–H and O–H groups in total. The normalized spacial score (nSPS) is 21.1. The molecular formula is C17H19FN2O2S. The number of nitrogens with zero attached hydrogens (tertiary/aromatic N) is 2. The van der Waals surface area contributed by atoms with Crippen LogP contribution in [0, 0.1) is 17.1 Å². The van der Waals surface area contributed by atoms with E-state index in [9.17, 15) is 9.65 Å². The second-order valence-corrected chi connectivity index (χ2v) is 6.09. The second kappa shape index (κ2) is 7.73. The van der Waals surface area contributed by atoms with Crippen molar-refractivity contribution < 1.29 is 13.9 Å². The Bertz CT molecular complexity index is 681. The van der Waals surface area contributed by atoms with Gasteiger partial charge < -0.3 is 9.47 Å². The third-order valence-corrected chi connectivity index (χ3v) is 4.69. The van der Waals surface area contributed by atoms with Crippen LogP contribution in [0.1, 0.15) is 18.9 Å². The molecule has 1 heterocycles. The lowest BCUT2D eigenvalue weighted by atomic mass is 9.71. The highest BCUT2D eigenvalue weighted by Gasteiger charge is 2.42. The van der Waals surface area contributed by atoms with Crippen LogP contribution in [0.15, 0.2) is 39.9 Å². The third-order valence-electron chi connectivity index (χ3n) is 3.97. The first-order valence-electron chi connectivity index (χ1n) is 7.13. The average Bonchev–Trinajstić information content (AvgIpc) is 2.56. The van der Waals surface area contributed by atoms with Crippen LogP contribution in [0.25, 0.3) is 0 Å². The maximum Gasteiger partial charge on any atom is 0.146 e. The number of rotatable bonds is 6. The monoisotopic (exact) mass is 334 g/mol. The maximum atomic E-state index is 14.5. The predicted molar refractivity (Wildman–Crippen MR) is 89.8 cm³/mol. The summed E-state index contributed by atoms with van der Waals surface area (Å²) in [5, 5.41) is 10.1. The first-order valence-corrected chi connectivity index (χ1v) is 8.36. The lowest BCUT2D eigenvalue weighted by Gasteiger charge is -2.37. The molecule has 122 valence electrons. The number of hydrogen-bond acceptors (Lipinski definition) is 5. The van der Waals surface area contributed by atoms with E-state index in [4.69, 9.17) is 9.47 Å². The van der Waals surface area contributed by atoms with Crippen molar-refractivity contribution in [1.82, 2.24) is 0 Å². The van der Waals surface area contributed by atoms with Gasteiger partial charge in [-0.15, -0.1) is 11.8 Å². The number of thioether (sulfide) groups is 1. The van der Waals surface area contributed by atoms with Crippen LogP contribution >= 0.6 is 11.8 Å². The molecule has 0 radical (unpaired) electrons. The van der Waals surface area contributed by atoms with E-state index in [1.165, 1.54) is 24.9 Å². The van der Waals surface area contributed by atoms with Crippen molar-refractivity contribution in [2.24, 2.45) is 4.99 Å². The molecule has 0 fully saturated rings. The van der Waals surface area contributed by atoms with E-state index in [1.807, 2.05) is 13.2 Å². The number of ether oxygens (including phenoxy) is 2. The van der Waals surface area contributed by atoms with E-state index >= 15 is 0 Å². The number of benzene rings is 1. The predicted octanol–water partition coefficient (Wildman–Crippen LogP) is 3.65. The zero-order chi connectivity index (χ0) is 16.9. The zero-order valence-corrected chi connectivity index (χ0v) is 14.2. The molecule has 0 spiro atoms. The summed E-state index contributed by atoms with van der Waals surface area (Å²) >= 11 is 1.42. The number of nitriles is 1. The molecule has 23 heavy (non-hydrogen) atoms. The molecule has 0 saturated heterocycles. The van der Waals surface area contributed by atoms with Gasteiger partial charge in [-0.1, -0.05) is 18.2 Å².